The Morgan fingerprint density at radius 1 is 0.680 bits per heavy atom. The molecule has 0 aromatic heterocycles. The summed E-state index contributed by atoms with van der Waals surface area (Å²) in [6.45, 7) is 19.8. The van der Waals surface area contributed by atoms with Crippen LogP contribution in [0.4, 0.5) is 0 Å². The predicted octanol–water partition coefficient (Wildman–Crippen LogP) is 3.85. The second-order valence-electron chi connectivity index (χ2n) is 8.15. The van der Waals surface area contributed by atoms with Crippen LogP contribution in [-0.4, -0.2) is 43.2 Å². The number of hydrogen-bond acceptors (Lipinski definition) is 3. The van der Waals surface area contributed by atoms with Crippen LogP contribution >= 0.6 is 0 Å². The first-order valence-electron chi connectivity index (χ1n) is 8.96. The summed E-state index contributed by atoms with van der Waals surface area (Å²) in [7, 11) is -0.981. The van der Waals surface area contributed by atoms with Crippen LogP contribution in [0.3, 0.4) is 0 Å². The van der Waals surface area contributed by atoms with Crippen molar-refractivity contribution in [3.05, 3.63) is 24.3 Å². The van der Waals surface area contributed by atoms with Gasteiger partial charge >= 0.3 is 0 Å². The monoisotopic (exact) mass is 539 g/mol. The van der Waals surface area contributed by atoms with Crippen LogP contribution in [0.5, 0.6) is 0 Å². The molecule has 0 saturated heterocycles. The second-order valence-corrected chi connectivity index (χ2v) is 13.2. The average Bonchev–Trinajstić information content (AvgIpc) is 3.03. The molecule has 0 heterocycles. The molecule has 150 valence electrons. The standard InChI is InChI=1S/C8H13Si.3C4H10O.Hf/c1-9(2,3)8-6-4-5-7-8;3*1-4(2)3-5;/h4-7H,1-3H3;3*4-5H,3H2,1-2H3;/q-1;;;;. The quantitative estimate of drug-likeness (QED) is 0.404. The first kappa shape index (κ1) is 32.9. The van der Waals surface area contributed by atoms with Crippen LogP contribution in [0, 0.1) is 17.8 Å². The summed E-state index contributed by atoms with van der Waals surface area (Å²) in [6.07, 6.45) is 0. The average molecular weight is 538 g/mol. The van der Waals surface area contributed by atoms with E-state index in [9.17, 15) is 0 Å². The number of aliphatic hydroxyl groups excluding tert-OH is 3. The summed E-state index contributed by atoms with van der Waals surface area (Å²) in [4.78, 5) is 0. The summed E-state index contributed by atoms with van der Waals surface area (Å²) >= 11 is 0. The molecule has 0 aliphatic rings. The second kappa shape index (κ2) is 20.6. The van der Waals surface area contributed by atoms with Gasteiger partial charge in [0.15, 0.2) is 0 Å². The van der Waals surface area contributed by atoms with Crippen LogP contribution in [0.25, 0.3) is 0 Å². The van der Waals surface area contributed by atoms with Crippen molar-refractivity contribution in [2.75, 3.05) is 19.8 Å². The summed E-state index contributed by atoms with van der Waals surface area (Å²) in [6, 6.07) is 8.69. The van der Waals surface area contributed by atoms with E-state index in [4.69, 9.17) is 15.3 Å². The topological polar surface area (TPSA) is 60.7 Å². The van der Waals surface area contributed by atoms with Crippen LogP contribution in [0.1, 0.15) is 41.5 Å². The third kappa shape index (κ3) is 32.5. The van der Waals surface area contributed by atoms with Crippen LogP contribution in [-0.2, 0) is 25.8 Å². The largest absolute Gasteiger partial charge is 0.396 e. The SMILES string of the molecule is CC(C)CO.CC(C)CO.CC(C)CO.C[Si](C)(C)[c-]1cccc1.[Hf]. The minimum absolute atomic E-state index is 0. The fourth-order valence-corrected chi connectivity index (χ4v) is 2.07. The number of rotatable bonds is 4. The summed E-state index contributed by atoms with van der Waals surface area (Å²) in [5.41, 5.74) is 0. The first-order valence-corrected chi connectivity index (χ1v) is 12.5. The Morgan fingerprint density at radius 2 is 0.880 bits per heavy atom. The van der Waals surface area contributed by atoms with Crippen molar-refractivity contribution in [1.29, 1.82) is 0 Å². The normalized spacial score (nSPS) is 10.0. The van der Waals surface area contributed by atoms with Gasteiger partial charge in [0.05, 0.1) is 0 Å². The molecule has 0 radical (unpaired) electrons. The Bertz CT molecular complexity index is 312. The summed E-state index contributed by atoms with van der Waals surface area (Å²) in [5.74, 6) is 1.32. The molecule has 1 aromatic carbocycles. The Labute approximate surface area is 177 Å². The van der Waals surface area contributed by atoms with Gasteiger partial charge in [-0.1, -0.05) is 61.2 Å². The van der Waals surface area contributed by atoms with E-state index in [2.05, 4.69) is 43.9 Å². The van der Waals surface area contributed by atoms with Gasteiger partial charge in [0.25, 0.3) is 0 Å². The molecule has 0 amide bonds. The minimum atomic E-state index is -0.981. The third-order valence-corrected chi connectivity index (χ3v) is 4.69. The molecule has 0 spiro atoms. The molecule has 0 fully saturated rings. The van der Waals surface area contributed by atoms with E-state index in [0.717, 1.165) is 0 Å². The first-order chi connectivity index (χ1) is 10.9. The van der Waals surface area contributed by atoms with E-state index in [-0.39, 0.29) is 25.8 Å². The molecular formula is C20H43HfO3Si-. The van der Waals surface area contributed by atoms with E-state index in [1.54, 1.807) is 5.19 Å². The van der Waals surface area contributed by atoms with Crippen molar-refractivity contribution in [2.45, 2.75) is 61.2 Å². The van der Waals surface area contributed by atoms with Crippen molar-refractivity contribution in [3.8, 4) is 0 Å². The van der Waals surface area contributed by atoms with Crippen molar-refractivity contribution in [3.63, 3.8) is 0 Å². The molecule has 0 bridgehead atoms. The van der Waals surface area contributed by atoms with Gasteiger partial charge in [-0.3, -0.25) is 0 Å². The molecule has 1 rings (SSSR count). The number of hydrogen-bond donors (Lipinski definition) is 3. The molecule has 0 saturated carbocycles. The fraction of sp³-hybridized carbons (Fsp3) is 0.750. The van der Waals surface area contributed by atoms with E-state index in [0.29, 0.717) is 37.6 Å². The summed E-state index contributed by atoms with van der Waals surface area (Å²) < 4.78 is 0. The van der Waals surface area contributed by atoms with Gasteiger partial charge in [0, 0.05) is 53.7 Å². The Morgan fingerprint density at radius 3 is 0.960 bits per heavy atom. The Hall–Kier alpha value is 0.317. The van der Waals surface area contributed by atoms with Gasteiger partial charge in [-0.05, 0) is 17.8 Å². The van der Waals surface area contributed by atoms with E-state index < -0.39 is 8.07 Å². The molecule has 5 heteroatoms. The zero-order chi connectivity index (χ0) is 19.8. The van der Waals surface area contributed by atoms with Crippen molar-refractivity contribution >= 4 is 13.3 Å². The van der Waals surface area contributed by atoms with Crippen LogP contribution in [0.15, 0.2) is 24.3 Å². The molecule has 3 nitrogen and oxygen atoms in total. The van der Waals surface area contributed by atoms with E-state index in [1.807, 2.05) is 41.5 Å². The van der Waals surface area contributed by atoms with Gasteiger partial charge in [0.2, 0.25) is 0 Å². The fourth-order valence-electron chi connectivity index (χ4n) is 0.874. The van der Waals surface area contributed by atoms with Gasteiger partial charge in [-0.15, -0.1) is 0 Å². The summed E-state index contributed by atoms with van der Waals surface area (Å²) in [5, 5.41) is 26.0. The van der Waals surface area contributed by atoms with E-state index in [1.165, 1.54) is 0 Å². The van der Waals surface area contributed by atoms with Crippen molar-refractivity contribution in [1.82, 2.24) is 0 Å². The van der Waals surface area contributed by atoms with Crippen molar-refractivity contribution in [2.24, 2.45) is 17.8 Å². The minimum Gasteiger partial charge on any atom is -0.396 e. The smallest absolute Gasteiger partial charge is 0.0453 e. The maximum Gasteiger partial charge on any atom is 0.0453 e. The van der Waals surface area contributed by atoms with Gasteiger partial charge in [0.1, 0.15) is 0 Å². The number of aliphatic hydroxyl groups is 3. The molecule has 25 heavy (non-hydrogen) atoms. The molecule has 1 aromatic rings. The zero-order valence-electron chi connectivity index (χ0n) is 18.0. The Kier molecular flexibility index (Phi) is 27.2. The van der Waals surface area contributed by atoms with Gasteiger partial charge in [-0.25, -0.2) is 12.1 Å². The maximum absolute atomic E-state index is 8.14. The van der Waals surface area contributed by atoms with Gasteiger partial charge in [-0.2, -0.15) is 17.3 Å². The van der Waals surface area contributed by atoms with Gasteiger partial charge < -0.3 is 15.3 Å². The molecule has 3 N–H and O–H groups in total. The van der Waals surface area contributed by atoms with Crippen molar-refractivity contribution < 1.29 is 41.2 Å². The molecular weight excluding hydrogens is 495 g/mol. The maximum atomic E-state index is 8.14. The molecule has 0 unspecified atom stereocenters. The molecule has 0 aliphatic carbocycles. The third-order valence-electron chi connectivity index (χ3n) is 2.62. The zero-order valence-corrected chi connectivity index (χ0v) is 22.6. The van der Waals surface area contributed by atoms with E-state index >= 15 is 0 Å². The van der Waals surface area contributed by atoms with Crippen LogP contribution < -0.4 is 5.19 Å². The molecule has 0 atom stereocenters. The molecule has 0 aliphatic heterocycles. The Balaban J connectivity index is -0.000000122. The van der Waals surface area contributed by atoms with Crippen LogP contribution in [0.2, 0.25) is 19.6 Å². The predicted molar refractivity (Wildman–Crippen MR) is 111 cm³/mol.